The topological polar surface area (TPSA) is 15.3 Å². The molecule has 20 heavy (non-hydrogen) atoms. The van der Waals surface area contributed by atoms with E-state index in [-0.39, 0.29) is 0 Å². The van der Waals surface area contributed by atoms with Crippen LogP contribution in [0.25, 0.3) is 0 Å². The van der Waals surface area contributed by atoms with E-state index in [0.717, 1.165) is 29.7 Å². The summed E-state index contributed by atoms with van der Waals surface area (Å²) in [6.07, 6.45) is 6.60. The Kier molecular flexibility index (Phi) is 4.65. The zero-order valence-electron chi connectivity index (χ0n) is 12.3. The van der Waals surface area contributed by atoms with Crippen molar-refractivity contribution in [1.82, 2.24) is 10.2 Å². The molecule has 2 nitrogen and oxygen atoms in total. The van der Waals surface area contributed by atoms with E-state index >= 15 is 0 Å². The molecule has 0 radical (unpaired) electrons. The molecule has 1 aromatic carbocycles. The van der Waals surface area contributed by atoms with E-state index in [2.05, 4.69) is 35.3 Å². The van der Waals surface area contributed by atoms with Crippen molar-refractivity contribution in [3.05, 3.63) is 34.9 Å². The quantitative estimate of drug-likeness (QED) is 0.887. The molecule has 2 aliphatic rings. The smallest absolute Gasteiger partial charge is 0.0409 e. The van der Waals surface area contributed by atoms with Gasteiger partial charge in [-0.3, -0.25) is 4.90 Å². The highest BCUT2D eigenvalue weighted by Gasteiger charge is 2.35. The number of benzene rings is 1. The number of nitrogens with one attached hydrogen (secondary N) is 1. The molecule has 0 saturated carbocycles. The van der Waals surface area contributed by atoms with Crippen LogP contribution in [-0.2, 0) is 6.54 Å². The Morgan fingerprint density at radius 2 is 2.00 bits per heavy atom. The van der Waals surface area contributed by atoms with Gasteiger partial charge in [0.1, 0.15) is 0 Å². The lowest BCUT2D eigenvalue weighted by Gasteiger charge is -2.38. The molecule has 2 heterocycles. The molecule has 3 rings (SSSR count). The predicted octanol–water partition coefficient (Wildman–Crippen LogP) is 3.84. The van der Waals surface area contributed by atoms with Gasteiger partial charge in [0.05, 0.1) is 0 Å². The minimum atomic E-state index is 0.743. The van der Waals surface area contributed by atoms with Gasteiger partial charge in [-0.2, -0.15) is 0 Å². The number of rotatable bonds is 5. The summed E-state index contributed by atoms with van der Waals surface area (Å²) in [5.41, 5.74) is 1.34. The summed E-state index contributed by atoms with van der Waals surface area (Å²) < 4.78 is 0. The average Bonchev–Trinajstić information content (AvgIpc) is 2.77. The summed E-state index contributed by atoms with van der Waals surface area (Å²) >= 11 is 6.12. The van der Waals surface area contributed by atoms with E-state index < -0.39 is 0 Å². The second-order valence-corrected chi connectivity index (χ2v) is 6.80. The lowest BCUT2D eigenvalue weighted by Crippen LogP contribution is -2.48. The lowest BCUT2D eigenvalue weighted by molar-refractivity contribution is 0.134. The van der Waals surface area contributed by atoms with E-state index in [0.29, 0.717) is 0 Å². The number of nitrogens with zero attached hydrogens (tertiary/aromatic N) is 1. The van der Waals surface area contributed by atoms with Crippen molar-refractivity contribution in [3.63, 3.8) is 0 Å². The molecule has 2 bridgehead atoms. The highest BCUT2D eigenvalue weighted by Crippen LogP contribution is 2.30. The van der Waals surface area contributed by atoms with Crippen LogP contribution < -0.4 is 5.32 Å². The van der Waals surface area contributed by atoms with Crippen molar-refractivity contribution in [1.29, 1.82) is 0 Å². The second kappa shape index (κ2) is 6.46. The van der Waals surface area contributed by atoms with Crippen LogP contribution in [0.3, 0.4) is 0 Å². The summed E-state index contributed by atoms with van der Waals surface area (Å²) in [4.78, 5) is 2.68. The van der Waals surface area contributed by atoms with E-state index in [1.807, 2.05) is 6.07 Å². The van der Waals surface area contributed by atoms with Crippen molar-refractivity contribution >= 4 is 11.6 Å². The highest BCUT2D eigenvalue weighted by molar-refractivity contribution is 6.30. The van der Waals surface area contributed by atoms with Gasteiger partial charge in [0.25, 0.3) is 0 Å². The van der Waals surface area contributed by atoms with Crippen LogP contribution in [0.5, 0.6) is 0 Å². The fourth-order valence-corrected chi connectivity index (χ4v) is 4.09. The van der Waals surface area contributed by atoms with Gasteiger partial charge in [0.2, 0.25) is 0 Å². The van der Waals surface area contributed by atoms with E-state index in [1.165, 1.54) is 44.2 Å². The third-order valence-electron chi connectivity index (χ3n) is 4.75. The van der Waals surface area contributed by atoms with Crippen molar-refractivity contribution in [2.24, 2.45) is 0 Å². The van der Waals surface area contributed by atoms with Gasteiger partial charge in [-0.25, -0.2) is 0 Å². The van der Waals surface area contributed by atoms with Crippen molar-refractivity contribution in [3.8, 4) is 0 Å². The Bertz CT molecular complexity index is 436. The number of halogens is 1. The van der Waals surface area contributed by atoms with Crippen LogP contribution in [0.2, 0.25) is 5.02 Å². The Morgan fingerprint density at radius 1 is 1.25 bits per heavy atom. The Morgan fingerprint density at radius 3 is 2.65 bits per heavy atom. The first-order valence-electron chi connectivity index (χ1n) is 7.99. The van der Waals surface area contributed by atoms with Gasteiger partial charge in [-0.1, -0.05) is 30.7 Å². The number of hydrogen-bond acceptors (Lipinski definition) is 2. The molecule has 110 valence electrons. The largest absolute Gasteiger partial charge is 0.311 e. The maximum Gasteiger partial charge on any atom is 0.0409 e. The minimum absolute atomic E-state index is 0.743. The standard InChI is InChI=1S/C17H25ClN2/c1-2-8-20(12-13-4-3-5-14(18)9-13)17-10-15-6-7-16(11-17)19-15/h3-5,9,15-17,19H,2,6-8,10-12H2,1H3. The second-order valence-electron chi connectivity index (χ2n) is 6.36. The molecule has 2 saturated heterocycles. The zero-order chi connectivity index (χ0) is 13.9. The van der Waals surface area contributed by atoms with E-state index in [9.17, 15) is 0 Å². The number of fused-ring (bicyclic) bond motifs is 2. The SMILES string of the molecule is CCCN(Cc1cccc(Cl)c1)C1CC2CCC(C1)N2. The molecule has 0 aromatic heterocycles. The fraction of sp³-hybridized carbons (Fsp3) is 0.647. The molecule has 2 unspecified atom stereocenters. The summed E-state index contributed by atoms with van der Waals surface area (Å²) in [6, 6.07) is 10.6. The van der Waals surface area contributed by atoms with Crippen LogP contribution in [0, 0.1) is 0 Å². The normalized spacial score (nSPS) is 29.1. The molecule has 2 aliphatic heterocycles. The van der Waals surface area contributed by atoms with Gasteiger partial charge in [0.15, 0.2) is 0 Å². The van der Waals surface area contributed by atoms with Crippen molar-refractivity contribution < 1.29 is 0 Å². The molecule has 0 amide bonds. The summed E-state index contributed by atoms with van der Waals surface area (Å²) in [6.45, 7) is 4.51. The van der Waals surface area contributed by atoms with Crippen LogP contribution in [0.4, 0.5) is 0 Å². The molecular formula is C17H25ClN2. The summed E-state index contributed by atoms with van der Waals surface area (Å²) in [5, 5.41) is 4.59. The lowest BCUT2D eigenvalue weighted by atomic mass is 9.97. The third kappa shape index (κ3) is 3.36. The van der Waals surface area contributed by atoms with Gasteiger partial charge < -0.3 is 5.32 Å². The zero-order valence-corrected chi connectivity index (χ0v) is 13.1. The first-order valence-corrected chi connectivity index (χ1v) is 8.37. The third-order valence-corrected chi connectivity index (χ3v) is 4.99. The first kappa shape index (κ1) is 14.4. The van der Waals surface area contributed by atoms with Gasteiger partial charge >= 0.3 is 0 Å². The van der Waals surface area contributed by atoms with Crippen LogP contribution >= 0.6 is 11.6 Å². The Balaban J connectivity index is 1.69. The molecule has 2 fully saturated rings. The maximum atomic E-state index is 6.12. The van der Waals surface area contributed by atoms with Crippen LogP contribution in [0.15, 0.2) is 24.3 Å². The molecule has 1 N–H and O–H groups in total. The summed E-state index contributed by atoms with van der Waals surface area (Å²) in [5.74, 6) is 0. The molecular weight excluding hydrogens is 268 g/mol. The van der Waals surface area contributed by atoms with E-state index in [4.69, 9.17) is 11.6 Å². The maximum absolute atomic E-state index is 6.12. The van der Waals surface area contributed by atoms with Crippen LogP contribution in [-0.4, -0.2) is 29.6 Å². The van der Waals surface area contributed by atoms with Gasteiger partial charge in [-0.15, -0.1) is 0 Å². The average molecular weight is 293 g/mol. The molecule has 1 aromatic rings. The number of hydrogen-bond donors (Lipinski definition) is 1. The van der Waals surface area contributed by atoms with Crippen molar-refractivity contribution in [2.45, 2.75) is 63.7 Å². The predicted molar refractivity (Wildman–Crippen MR) is 85.1 cm³/mol. The van der Waals surface area contributed by atoms with E-state index in [1.54, 1.807) is 0 Å². The minimum Gasteiger partial charge on any atom is -0.311 e. The molecule has 0 aliphatic carbocycles. The monoisotopic (exact) mass is 292 g/mol. The first-order chi connectivity index (χ1) is 9.74. The molecule has 3 heteroatoms. The number of piperidine rings is 1. The van der Waals surface area contributed by atoms with Crippen molar-refractivity contribution in [2.75, 3.05) is 6.54 Å². The highest BCUT2D eigenvalue weighted by atomic mass is 35.5. The Labute approximate surface area is 127 Å². The fourth-order valence-electron chi connectivity index (χ4n) is 3.87. The van der Waals surface area contributed by atoms with Gasteiger partial charge in [0, 0.05) is 29.7 Å². The molecule has 2 atom stereocenters. The summed E-state index contributed by atoms with van der Waals surface area (Å²) in [7, 11) is 0. The molecule has 0 spiro atoms. The van der Waals surface area contributed by atoms with Gasteiger partial charge in [-0.05, 0) is 56.3 Å². The Hall–Kier alpha value is -0.570. The van der Waals surface area contributed by atoms with Crippen LogP contribution in [0.1, 0.15) is 44.6 Å².